The third-order valence-corrected chi connectivity index (χ3v) is 6.36. The van der Waals surface area contributed by atoms with E-state index in [9.17, 15) is 0 Å². The normalized spacial score (nSPS) is 18.0. The fraction of sp³-hybridized carbons (Fsp3) is 0.333. The van der Waals surface area contributed by atoms with E-state index in [0.717, 1.165) is 0 Å². The molecule has 0 spiro atoms. The van der Waals surface area contributed by atoms with Crippen LogP contribution in [-0.4, -0.2) is 0 Å². The number of hydrogen-bond donors (Lipinski definition) is 0. The molecule has 27 heavy (non-hydrogen) atoms. The van der Waals surface area contributed by atoms with Gasteiger partial charge in [-0.25, -0.2) is 0 Å². The number of fused-ring (bicyclic) bond motifs is 2. The van der Waals surface area contributed by atoms with Gasteiger partial charge in [0, 0.05) is 0 Å². The Morgan fingerprint density at radius 1 is 0.630 bits per heavy atom. The smallest absolute Gasteiger partial charge is 0.0100 e. The van der Waals surface area contributed by atoms with Crippen LogP contribution in [0.2, 0.25) is 0 Å². The van der Waals surface area contributed by atoms with Gasteiger partial charge in [0.05, 0.1) is 0 Å². The molecule has 0 bridgehead atoms. The molecule has 3 aromatic rings. The summed E-state index contributed by atoms with van der Waals surface area (Å²) in [7, 11) is 0. The van der Waals surface area contributed by atoms with Crippen molar-refractivity contribution in [2.75, 3.05) is 0 Å². The van der Waals surface area contributed by atoms with Crippen LogP contribution in [0.5, 0.6) is 0 Å². The Morgan fingerprint density at radius 2 is 1.19 bits per heavy atom. The molecule has 0 saturated carbocycles. The van der Waals surface area contributed by atoms with Crippen LogP contribution in [0.3, 0.4) is 0 Å². The van der Waals surface area contributed by atoms with Gasteiger partial charge in [-0.05, 0) is 69.7 Å². The van der Waals surface area contributed by atoms with Crippen LogP contribution in [0.15, 0.2) is 54.6 Å². The number of hydrogen-bond acceptors (Lipinski definition) is 0. The van der Waals surface area contributed by atoms with Gasteiger partial charge in [-0.3, -0.25) is 0 Å². The SMILES string of the molecule is Cc1ccc2cc(/C=C/c3ccc4c(c3)C(C)(C)CCC4(C)C)ccc2c1. The van der Waals surface area contributed by atoms with Crippen LogP contribution in [0, 0.1) is 6.92 Å². The number of aryl methyl sites for hydroxylation is 1. The topological polar surface area (TPSA) is 0 Å². The second-order valence-electron chi connectivity index (χ2n) is 9.52. The van der Waals surface area contributed by atoms with Crippen molar-refractivity contribution in [1.82, 2.24) is 0 Å². The van der Waals surface area contributed by atoms with Crippen LogP contribution in [0.25, 0.3) is 22.9 Å². The Hall–Kier alpha value is -2.34. The fourth-order valence-corrected chi connectivity index (χ4v) is 4.39. The highest BCUT2D eigenvalue weighted by molar-refractivity contribution is 5.86. The summed E-state index contributed by atoms with van der Waals surface area (Å²) in [4.78, 5) is 0. The van der Waals surface area contributed by atoms with E-state index in [1.54, 1.807) is 0 Å². The summed E-state index contributed by atoms with van der Waals surface area (Å²) >= 11 is 0. The van der Waals surface area contributed by atoms with E-state index in [0.29, 0.717) is 0 Å². The molecule has 0 heteroatoms. The monoisotopic (exact) mass is 354 g/mol. The maximum atomic E-state index is 2.41. The summed E-state index contributed by atoms with van der Waals surface area (Å²) in [5.74, 6) is 0. The zero-order valence-corrected chi connectivity index (χ0v) is 17.3. The van der Waals surface area contributed by atoms with Gasteiger partial charge in [0.25, 0.3) is 0 Å². The van der Waals surface area contributed by atoms with Crippen molar-refractivity contribution in [1.29, 1.82) is 0 Å². The fourth-order valence-electron chi connectivity index (χ4n) is 4.39. The van der Waals surface area contributed by atoms with Gasteiger partial charge in [-0.2, -0.15) is 0 Å². The predicted octanol–water partition coefficient (Wildman–Crippen LogP) is 7.67. The molecule has 0 radical (unpaired) electrons. The molecule has 0 unspecified atom stereocenters. The molecule has 0 fully saturated rings. The molecule has 0 aliphatic heterocycles. The summed E-state index contributed by atoms with van der Waals surface area (Å²) < 4.78 is 0. The number of benzene rings is 3. The van der Waals surface area contributed by atoms with Crippen molar-refractivity contribution < 1.29 is 0 Å². The minimum absolute atomic E-state index is 0.259. The average Bonchev–Trinajstić information content (AvgIpc) is 2.64. The second-order valence-corrected chi connectivity index (χ2v) is 9.52. The zero-order chi connectivity index (χ0) is 19.2. The first-order chi connectivity index (χ1) is 12.7. The molecule has 4 rings (SSSR count). The van der Waals surface area contributed by atoms with Gasteiger partial charge in [0.1, 0.15) is 0 Å². The lowest BCUT2D eigenvalue weighted by Crippen LogP contribution is -2.33. The predicted molar refractivity (Wildman–Crippen MR) is 119 cm³/mol. The summed E-state index contributed by atoms with van der Waals surface area (Å²) in [6.07, 6.45) is 7.01. The zero-order valence-electron chi connectivity index (χ0n) is 17.3. The van der Waals surface area contributed by atoms with Gasteiger partial charge >= 0.3 is 0 Å². The number of rotatable bonds is 2. The van der Waals surface area contributed by atoms with Crippen molar-refractivity contribution >= 4 is 22.9 Å². The lowest BCUT2D eigenvalue weighted by Gasteiger charge is -2.42. The molecule has 0 saturated heterocycles. The van der Waals surface area contributed by atoms with Crippen LogP contribution in [-0.2, 0) is 10.8 Å². The highest BCUT2D eigenvalue weighted by atomic mass is 14.4. The van der Waals surface area contributed by atoms with Crippen LogP contribution < -0.4 is 0 Å². The van der Waals surface area contributed by atoms with E-state index < -0.39 is 0 Å². The van der Waals surface area contributed by atoms with E-state index in [1.807, 2.05) is 0 Å². The summed E-state index contributed by atoms with van der Waals surface area (Å²) in [5, 5.41) is 2.61. The molecule has 0 amide bonds. The van der Waals surface area contributed by atoms with Crippen LogP contribution in [0.4, 0.5) is 0 Å². The van der Waals surface area contributed by atoms with Crippen molar-refractivity contribution in [3.05, 3.63) is 82.4 Å². The average molecular weight is 355 g/mol. The van der Waals surface area contributed by atoms with E-state index in [-0.39, 0.29) is 10.8 Å². The van der Waals surface area contributed by atoms with E-state index in [4.69, 9.17) is 0 Å². The minimum atomic E-state index is 0.259. The molecule has 3 aromatic carbocycles. The molecule has 0 aromatic heterocycles. The maximum Gasteiger partial charge on any atom is -0.0100 e. The third kappa shape index (κ3) is 3.46. The van der Waals surface area contributed by atoms with E-state index >= 15 is 0 Å². The third-order valence-electron chi connectivity index (χ3n) is 6.36. The van der Waals surface area contributed by atoms with Crippen molar-refractivity contribution in [3.8, 4) is 0 Å². The molecule has 0 atom stereocenters. The van der Waals surface area contributed by atoms with Gasteiger partial charge in [-0.15, -0.1) is 0 Å². The largest absolute Gasteiger partial charge is 0.0587 e. The molecular weight excluding hydrogens is 324 g/mol. The molecular formula is C27H30. The standard InChI is InChI=1S/C27H30/c1-19-6-11-23-17-20(9-12-22(23)16-19)7-8-21-10-13-24-25(18-21)27(4,5)15-14-26(24,2)3/h6-13,16-18H,14-15H2,1-5H3/b8-7+. The molecule has 0 N–H and O–H groups in total. The lowest BCUT2D eigenvalue weighted by molar-refractivity contribution is 0.332. The first kappa shape index (κ1) is 18.0. The Bertz CT molecular complexity index is 1030. The van der Waals surface area contributed by atoms with Gasteiger partial charge < -0.3 is 0 Å². The highest BCUT2D eigenvalue weighted by Crippen LogP contribution is 2.46. The lowest BCUT2D eigenvalue weighted by atomic mass is 9.63. The Kier molecular flexibility index (Phi) is 4.26. The first-order valence-corrected chi connectivity index (χ1v) is 10.1. The summed E-state index contributed by atoms with van der Waals surface area (Å²) in [5.41, 5.74) is 7.45. The van der Waals surface area contributed by atoms with E-state index in [1.165, 1.54) is 51.4 Å². The van der Waals surface area contributed by atoms with Gasteiger partial charge in [0.15, 0.2) is 0 Å². The van der Waals surface area contributed by atoms with Crippen molar-refractivity contribution in [2.45, 2.75) is 58.3 Å². The highest BCUT2D eigenvalue weighted by Gasteiger charge is 2.36. The molecule has 1 aliphatic rings. The van der Waals surface area contributed by atoms with Gasteiger partial charge in [-0.1, -0.05) is 93.9 Å². The second kappa shape index (κ2) is 6.37. The Morgan fingerprint density at radius 3 is 1.93 bits per heavy atom. The Balaban J connectivity index is 1.68. The Labute approximate surface area is 163 Å². The summed E-state index contributed by atoms with van der Waals surface area (Å²) in [6, 6.07) is 20.4. The minimum Gasteiger partial charge on any atom is -0.0587 e. The molecule has 1 aliphatic carbocycles. The van der Waals surface area contributed by atoms with E-state index in [2.05, 4.69) is 101 Å². The first-order valence-electron chi connectivity index (χ1n) is 10.1. The van der Waals surface area contributed by atoms with Gasteiger partial charge in [0.2, 0.25) is 0 Å². The maximum absolute atomic E-state index is 2.41. The molecule has 138 valence electrons. The summed E-state index contributed by atoms with van der Waals surface area (Å²) in [6.45, 7) is 11.7. The molecule has 0 nitrogen and oxygen atoms in total. The molecule has 0 heterocycles. The van der Waals surface area contributed by atoms with Crippen molar-refractivity contribution in [2.24, 2.45) is 0 Å². The van der Waals surface area contributed by atoms with Crippen LogP contribution >= 0.6 is 0 Å². The quantitative estimate of drug-likeness (QED) is 0.414. The van der Waals surface area contributed by atoms with Crippen molar-refractivity contribution in [3.63, 3.8) is 0 Å². The van der Waals surface area contributed by atoms with Crippen LogP contribution in [0.1, 0.15) is 68.4 Å².